The molecule has 0 unspecified atom stereocenters. The Morgan fingerprint density at radius 1 is 0.897 bits per heavy atom. The highest BCUT2D eigenvalue weighted by Crippen LogP contribution is 2.39. The number of rotatable bonds is 3. The monoisotopic (exact) mass is 385 g/mol. The third-order valence-electron chi connectivity index (χ3n) is 5.00. The normalized spacial score (nSPS) is 12.3. The second-order valence-corrected chi connectivity index (χ2v) is 7.02. The Morgan fingerprint density at radius 3 is 2.45 bits per heavy atom. The van der Waals surface area contributed by atoms with Crippen LogP contribution in [0.1, 0.15) is 0 Å². The summed E-state index contributed by atoms with van der Waals surface area (Å²) in [4.78, 5) is 15.3. The molecule has 0 spiro atoms. The maximum atomic E-state index is 6.20. The number of fused-ring (bicyclic) bond motifs is 2. The van der Waals surface area contributed by atoms with E-state index >= 15 is 0 Å². The zero-order valence-electron chi connectivity index (χ0n) is 16.1. The maximum absolute atomic E-state index is 6.20. The standard InChI is InChI=1S/C22H19N5O2/c1-27(2)15-6-3-13(4-7-15)17-10-16(20-21(23)24-11-25-22(20)26-17)14-5-8-18-19(9-14)29-12-28-18/h3-11H,12H2,1-2H3,(H2,23,24,25,26). The van der Waals surface area contributed by atoms with Crippen molar-refractivity contribution in [2.75, 3.05) is 31.5 Å². The number of nitrogens with zero attached hydrogens (tertiary/aromatic N) is 4. The Kier molecular flexibility index (Phi) is 3.94. The number of pyridine rings is 1. The average molecular weight is 385 g/mol. The maximum Gasteiger partial charge on any atom is 0.231 e. The number of aromatic nitrogens is 3. The first-order chi connectivity index (χ1) is 14.1. The van der Waals surface area contributed by atoms with Gasteiger partial charge in [0, 0.05) is 25.3 Å². The Morgan fingerprint density at radius 2 is 1.66 bits per heavy atom. The Hall–Kier alpha value is -3.87. The number of anilines is 2. The number of hydrogen-bond acceptors (Lipinski definition) is 7. The third-order valence-corrected chi connectivity index (χ3v) is 5.00. The molecule has 0 saturated carbocycles. The van der Waals surface area contributed by atoms with Crippen molar-refractivity contribution in [2.24, 2.45) is 0 Å². The molecule has 0 radical (unpaired) electrons. The second kappa shape index (κ2) is 6.63. The van der Waals surface area contributed by atoms with Crippen molar-refractivity contribution in [1.29, 1.82) is 0 Å². The van der Waals surface area contributed by atoms with Gasteiger partial charge in [-0.3, -0.25) is 0 Å². The summed E-state index contributed by atoms with van der Waals surface area (Å²) >= 11 is 0. The lowest BCUT2D eigenvalue weighted by Crippen LogP contribution is -2.08. The van der Waals surface area contributed by atoms with E-state index in [-0.39, 0.29) is 6.79 Å². The lowest BCUT2D eigenvalue weighted by atomic mass is 9.99. The van der Waals surface area contributed by atoms with Crippen molar-refractivity contribution in [3.8, 4) is 33.9 Å². The van der Waals surface area contributed by atoms with Crippen molar-refractivity contribution in [2.45, 2.75) is 0 Å². The molecule has 0 fully saturated rings. The van der Waals surface area contributed by atoms with Crippen LogP contribution in [0.15, 0.2) is 54.9 Å². The van der Waals surface area contributed by atoms with Gasteiger partial charge in [0.05, 0.1) is 11.1 Å². The lowest BCUT2D eigenvalue weighted by Gasteiger charge is -2.14. The van der Waals surface area contributed by atoms with Gasteiger partial charge in [0.2, 0.25) is 6.79 Å². The van der Waals surface area contributed by atoms with Crippen LogP contribution in [-0.4, -0.2) is 35.8 Å². The minimum absolute atomic E-state index is 0.227. The van der Waals surface area contributed by atoms with E-state index < -0.39 is 0 Å². The first kappa shape index (κ1) is 17.2. The van der Waals surface area contributed by atoms with E-state index in [0.717, 1.165) is 39.2 Å². The van der Waals surface area contributed by atoms with Crippen molar-refractivity contribution < 1.29 is 9.47 Å². The number of nitrogen functional groups attached to an aromatic ring is 1. The van der Waals surface area contributed by atoms with Crippen molar-refractivity contribution in [3.63, 3.8) is 0 Å². The van der Waals surface area contributed by atoms with Gasteiger partial charge in [0.25, 0.3) is 0 Å². The number of nitrogens with two attached hydrogens (primary N) is 1. The molecule has 1 aliphatic rings. The van der Waals surface area contributed by atoms with Gasteiger partial charge in [-0.25, -0.2) is 15.0 Å². The van der Waals surface area contributed by atoms with E-state index in [4.69, 9.17) is 20.2 Å². The molecular formula is C22H19N5O2. The van der Waals surface area contributed by atoms with Crippen molar-refractivity contribution in [1.82, 2.24) is 15.0 Å². The van der Waals surface area contributed by atoms with Gasteiger partial charge < -0.3 is 20.1 Å². The van der Waals surface area contributed by atoms with Crippen LogP contribution in [0.5, 0.6) is 11.5 Å². The summed E-state index contributed by atoms with van der Waals surface area (Å²) in [6, 6.07) is 16.1. The molecule has 7 nitrogen and oxygen atoms in total. The van der Waals surface area contributed by atoms with E-state index in [1.165, 1.54) is 6.33 Å². The minimum atomic E-state index is 0.227. The van der Waals surface area contributed by atoms with Crippen LogP contribution >= 0.6 is 0 Å². The predicted molar refractivity (Wildman–Crippen MR) is 113 cm³/mol. The van der Waals surface area contributed by atoms with Gasteiger partial charge in [-0.05, 0) is 41.5 Å². The largest absolute Gasteiger partial charge is 0.454 e. The van der Waals surface area contributed by atoms with Crippen LogP contribution in [0.3, 0.4) is 0 Å². The first-order valence-corrected chi connectivity index (χ1v) is 9.19. The quantitative estimate of drug-likeness (QED) is 0.575. The summed E-state index contributed by atoms with van der Waals surface area (Å²) in [7, 11) is 4.03. The summed E-state index contributed by atoms with van der Waals surface area (Å²) in [6.45, 7) is 0.227. The molecule has 0 amide bonds. The molecule has 144 valence electrons. The topological polar surface area (TPSA) is 86.4 Å². The van der Waals surface area contributed by atoms with E-state index in [0.29, 0.717) is 17.2 Å². The Labute approximate surface area is 167 Å². The van der Waals surface area contributed by atoms with Gasteiger partial charge in [-0.15, -0.1) is 0 Å². The number of ether oxygens (including phenoxy) is 2. The van der Waals surface area contributed by atoms with Gasteiger partial charge in [-0.1, -0.05) is 18.2 Å². The highest BCUT2D eigenvalue weighted by molar-refractivity contribution is 6.01. The van der Waals surface area contributed by atoms with E-state index in [2.05, 4.69) is 39.1 Å². The zero-order chi connectivity index (χ0) is 20.0. The third kappa shape index (κ3) is 2.97. The summed E-state index contributed by atoms with van der Waals surface area (Å²) < 4.78 is 11.0. The minimum Gasteiger partial charge on any atom is -0.454 e. The van der Waals surface area contributed by atoms with Crippen LogP contribution in [0, 0.1) is 0 Å². The molecule has 0 bridgehead atoms. The van der Waals surface area contributed by atoms with Crippen molar-refractivity contribution in [3.05, 3.63) is 54.9 Å². The zero-order valence-corrected chi connectivity index (χ0v) is 16.1. The van der Waals surface area contributed by atoms with Gasteiger partial charge >= 0.3 is 0 Å². The SMILES string of the molecule is CN(C)c1ccc(-c2cc(-c3ccc4c(c3)OCO4)c3c(N)ncnc3n2)cc1. The molecule has 7 heteroatoms. The van der Waals surface area contributed by atoms with E-state index in [1.807, 2.05) is 38.4 Å². The van der Waals surface area contributed by atoms with Crippen LogP contribution in [0.4, 0.5) is 11.5 Å². The first-order valence-electron chi connectivity index (χ1n) is 9.19. The molecule has 3 heterocycles. The van der Waals surface area contributed by atoms with Crippen LogP contribution in [-0.2, 0) is 0 Å². The molecule has 0 aliphatic carbocycles. The molecule has 2 aromatic carbocycles. The molecule has 2 aromatic heterocycles. The molecule has 2 N–H and O–H groups in total. The summed E-state index contributed by atoms with van der Waals surface area (Å²) in [5.74, 6) is 1.83. The molecular weight excluding hydrogens is 366 g/mol. The number of hydrogen-bond donors (Lipinski definition) is 1. The Bertz CT molecular complexity index is 1220. The molecule has 0 saturated heterocycles. The molecule has 5 rings (SSSR count). The summed E-state index contributed by atoms with van der Waals surface area (Å²) in [6.07, 6.45) is 1.44. The smallest absolute Gasteiger partial charge is 0.231 e. The lowest BCUT2D eigenvalue weighted by molar-refractivity contribution is 0.174. The molecule has 0 atom stereocenters. The van der Waals surface area contributed by atoms with Gasteiger partial charge in [0.1, 0.15) is 12.1 Å². The second-order valence-electron chi connectivity index (χ2n) is 7.02. The fourth-order valence-corrected chi connectivity index (χ4v) is 3.46. The van der Waals surface area contributed by atoms with Crippen LogP contribution < -0.4 is 20.1 Å². The summed E-state index contributed by atoms with van der Waals surface area (Å²) in [5, 5.41) is 0.722. The van der Waals surface area contributed by atoms with Crippen LogP contribution in [0.2, 0.25) is 0 Å². The highest BCUT2D eigenvalue weighted by atomic mass is 16.7. The van der Waals surface area contributed by atoms with Crippen LogP contribution in [0.25, 0.3) is 33.4 Å². The van der Waals surface area contributed by atoms with Gasteiger partial charge in [0.15, 0.2) is 17.1 Å². The van der Waals surface area contributed by atoms with Gasteiger partial charge in [-0.2, -0.15) is 0 Å². The fourth-order valence-electron chi connectivity index (χ4n) is 3.46. The van der Waals surface area contributed by atoms with Crippen molar-refractivity contribution >= 4 is 22.5 Å². The molecule has 29 heavy (non-hydrogen) atoms. The molecule has 4 aromatic rings. The summed E-state index contributed by atoms with van der Waals surface area (Å²) in [5.41, 5.74) is 11.5. The highest BCUT2D eigenvalue weighted by Gasteiger charge is 2.18. The molecule has 1 aliphatic heterocycles. The number of benzene rings is 2. The van der Waals surface area contributed by atoms with E-state index in [1.54, 1.807) is 0 Å². The average Bonchev–Trinajstić information content (AvgIpc) is 3.21. The Balaban J connectivity index is 1.71. The predicted octanol–water partition coefficient (Wildman–Crippen LogP) is 3.74. The van der Waals surface area contributed by atoms with E-state index in [9.17, 15) is 0 Å². The fraction of sp³-hybridized carbons (Fsp3) is 0.136.